The van der Waals surface area contributed by atoms with E-state index < -0.39 is 24.4 Å². The Balaban J connectivity index is 1.47. The molecule has 1 aliphatic rings. The Kier molecular flexibility index (Phi) is 6.01. The molecule has 3 aromatic rings. The predicted molar refractivity (Wildman–Crippen MR) is 113 cm³/mol. The summed E-state index contributed by atoms with van der Waals surface area (Å²) >= 11 is 0. The van der Waals surface area contributed by atoms with E-state index in [9.17, 15) is 14.7 Å². The molecule has 0 saturated carbocycles. The van der Waals surface area contributed by atoms with Crippen LogP contribution in [-0.4, -0.2) is 56.0 Å². The number of ether oxygens (including phenoxy) is 2. The van der Waals surface area contributed by atoms with E-state index in [1.54, 1.807) is 28.8 Å². The molecule has 164 valence electrons. The number of aromatic amines is 1. The maximum absolute atomic E-state index is 12.4. The first-order valence-electron chi connectivity index (χ1n) is 10.2. The molecule has 0 bridgehead atoms. The fraction of sp³-hybridized carbons (Fsp3) is 0.429. The number of H-pyrrole nitrogens is 1. The van der Waals surface area contributed by atoms with Crippen molar-refractivity contribution in [2.75, 3.05) is 18.5 Å². The van der Waals surface area contributed by atoms with Gasteiger partial charge in [0.05, 0.1) is 18.0 Å². The molecular formula is C21H25N5O5. The molecule has 1 aromatic carbocycles. The van der Waals surface area contributed by atoms with Gasteiger partial charge in [0.15, 0.2) is 11.2 Å². The van der Waals surface area contributed by atoms with Gasteiger partial charge in [0.25, 0.3) is 5.56 Å². The Bertz CT molecular complexity index is 1110. The minimum atomic E-state index is -0.841. The molecule has 1 fully saturated rings. The molecular weight excluding hydrogens is 402 g/mol. The van der Waals surface area contributed by atoms with Crippen molar-refractivity contribution >= 4 is 23.1 Å². The van der Waals surface area contributed by atoms with Crippen LogP contribution >= 0.6 is 0 Å². The van der Waals surface area contributed by atoms with Crippen molar-refractivity contribution in [3.8, 4) is 0 Å². The maximum Gasteiger partial charge on any atom is 0.338 e. The SMILES string of the molecule is CC(C)CNc1nc2c(ncn2[C@H]2C[C@@H](O)[C@@H](COC(=O)c3ccccc3)O2)c(=O)[nH]1. The van der Waals surface area contributed by atoms with E-state index in [4.69, 9.17) is 9.47 Å². The largest absolute Gasteiger partial charge is 0.459 e. The number of carbonyl (C=O) groups excluding carboxylic acids is 1. The first-order chi connectivity index (χ1) is 14.9. The van der Waals surface area contributed by atoms with E-state index in [0.29, 0.717) is 29.6 Å². The summed E-state index contributed by atoms with van der Waals surface area (Å²) in [7, 11) is 0. The minimum absolute atomic E-state index is 0.0900. The normalized spacial score (nSPS) is 21.0. The van der Waals surface area contributed by atoms with Gasteiger partial charge in [0, 0.05) is 13.0 Å². The predicted octanol–water partition coefficient (Wildman–Crippen LogP) is 1.69. The van der Waals surface area contributed by atoms with Crippen LogP contribution in [0.2, 0.25) is 0 Å². The van der Waals surface area contributed by atoms with Gasteiger partial charge in [-0.1, -0.05) is 32.0 Å². The summed E-state index contributed by atoms with van der Waals surface area (Å²) in [5, 5.41) is 13.5. The monoisotopic (exact) mass is 427 g/mol. The Morgan fingerprint density at radius 1 is 1.39 bits per heavy atom. The number of aliphatic hydroxyl groups is 1. The second kappa shape index (κ2) is 8.86. The lowest BCUT2D eigenvalue weighted by Gasteiger charge is -2.16. The van der Waals surface area contributed by atoms with Crippen LogP contribution in [0.25, 0.3) is 11.2 Å². The fourth-order valence-corrected chi connectivity index (χ4v) is 3.37. The molecule has 0 spiro atoms. The van der Waals surface area contributed by atoms with Crippen LogP contribution in [0, 0.1) is 5.92 Å². The Morgan fingerprint density at radius 2 is 2.16 bits per heavy atom. The van der Waals surface area contributed by atoms with E-state index >= 15 is 0 Å². The Labute approximate surface area is 178 Å². The van der Waals surface area contributed by atoms with Crippen molar-refractivity contribution in [1.29, 1.82) is 0 Å². The van der Waals surface area contributed by atoms with Crippen LogP contribution in [0.5, 0.6) is 0 Å². The van der Waals surface area contributed by atoms with Crippen LogP contribution in [-0.2, 0) is 9.47 Å². The maximum atomic E-state index is 12.4. The number of aromatic nitrogens is 4. The highest BCUT2D eigenvalue weighted by Crippen LogP contribution is 2.30. The molecule has 0 radical (unpaired) electrons. The molecule has 0 aliphatic carbocycles. The highest BCUT2D eigenvalue weighted by molar-refractivity contribution is 5.89. The molecule has 3 heterocycles. The van der Waals surface area contributed by atoms with Gasteiger partial charge in [-0.2, -0.15) is 4.98 Å². The zero-order valence-corrected chi connectivity index (χ0v) is 17.3. The highest BCUT2D eigenvalue weighted by atomic mass is 16.6. The van der Waals surface area contributed by atoms with Gasteiger partial charge in [-0.05, 0) is 18.1 Å². The quantitative estimate of drug-likeness (QED) is 0.486. The second-order valence-corrected chi connectivity index (χ2v) is 7.91. The van der Waals surface area contributed by atoms with E-state index in [1.165, 1.54) is 6.33 Å². The average molecular weight is 427 g/mol. The highest BCUT2D eigenvalue weighted by Gasteiger charge is 2.37. The second-order valence-electron chi connectivity index (χ2n) is 7.91. The van der Waals surface area contributed by atoms with Gasteiger partial charge in [-0.25, -0.2) is 9.78 Å². The number of hydrogen-bond acceptors (Lipinski definition) is 8. The van der Waals surface area contributed by atoms with Crippen molar-refractivity contribution < 1.29 is 19.4 Å². The van der Waals surface area contributed by atoms with Crippen molar-refractivity contribution in [2.45, 2.75) is 38.7 Å². The summed E-state index contributed by atoms with van der Waals surface area (Å²) in [5.41, 5.74) is 0.611. The zero-order valence-electron chi connectivity index (χ0n) is 17.3. The van der Waals surface area contributed by atoms with E-state index in [2.05, 4.69) is 20.3 Å². The molecule has 3 atom stereocenters. The molecule has 3 N–H and O–H groups in total. The van der Waals surface area contributed by atoms with Gasteiger partial charge >= 0.3 is 5.97 Å². The molecule has 10 nitrogen and oxygen atoms in total. The number of anilines is 1. The molecule has 2 aromatic heterocycles. The summed E-state index contributed by atoms with van der Waals surface area (Å²) in [5.74, 6) is 0.236. The van der Waals surface area contributed by atoms with Gasteiger partial charge in [-0.3, -0.25) is 14.3 Å². The number of carbonyl (C=O) groups is 1. The lowest BCUT2D eigenvalue weighted by molar-refractivity contribution is -0.0509. The van der Waals surface area contributed by atoms with Crippen molar-refractivity contribution in [2.24, 2.45) is 5.92 Å². The number of benzene rings is 1. The summed E-state index contributed by atoms with van der Waals surface area (Å²) in [6.07, 6.45) is -0.410. The number of fused-ring (bicyclic) bond motifs is 1. The first kappa shape index (κ1) is 21.0. The third-order valence-electron chi connectivity index (χ3n) is 5.01. The molecule has 4 rings (SSSR count). The first-order valence-corrected chi connectivity index (χ1v) is 10.2. The van der Waals surface area contributed by atoms with Crippen LogP contribution < -0.4 is 10.9 Å². The standard InChI is InChI=1S/C21H25N5O5/c1-12(2)9-22-21-24-18-17(19(28)25-21)23-11-26(18)16-8-14(27)15(31-16)10-30-20(29)13-6-4-3-5-7-13/h3-7,11-12,14-16,27H,8-10H2,1-2H3,(H2,22,24,25,28)/t14-,15-,16-/m1/s1. The molecule has 1 aliphatic heterocycles. The van der Waals surface area contributed by atoms with Crippen LogP contribution in [0.15, 0.2) is 41.5 Å². The molecule has 0 unspecified atom stereocenters. The van der Waals surface area contributed by atoms with Gasteiger partial charge in [0.2, 0.25) is 5.95 Å². The third-order valence-corrected chi connectivity index (χ3v) is 5.01. The van der Waals surface area contributed by atoms with E-state index in [1.807, 2.05) is 19.9 Å². The van der Waals surface area contributed by atoms with Crippen molar-refractivity contribution in [1.82, 2.24) is 19.5 Å². The number of rotatable bonds is 7. The molecule has 10 heteroatoms. The number of nitrogens with one attached hydrogen (secondary N) is 2. The van der Waals surface area contributed by atoms with Crippen LogP contribution in [0.3, 0.4) is 0 Å². The van der Waals surface area contributed by atoms with Crippen LogP contribution in [0.4, 0.5) is 5.95 Å². The van der Waals surface area contributed by atoms with Crippen molar-refractivity contribution in [3.63, 3.8) is 0 Å². The smallest absolute Gasteiger partial charge is 0.338 e. The Morgan fingerprint density at radius 3 is 2.90 bits per heavy atom. The number of aliphatic hydroxyl groups excluding tert-OH is 1. The minimum Gasteiger partial charge on any atom is -0.459 e. The van der Waals surface area contributed by atoms with Crippen LogP contribution in [0.1, 0.15) is 36.9 Å². The lowest BCUT2D eigenvalue weighted by atomic mass is 10.2. The molecule has 1 saturated heterocycles. The number of imidazole rings is 1. The summed E-state index contributed by atoms with van der Waals surface area (Å²) < 4.78 is 12.8. The van der Waals surface area contributed by atoms with Gasteiger partial charge in [0.1, 0.15) is 18.9 Å². The molecule has 0 amide bonds. The number of nitrogens with zero attached hydrogens (tertiary/aromatic N) is 3. The fourth-order valence-electron chi connectivity index (χ4n) is 3.37. The van der Waals surface area contributed by atoms with Crippen molar-refractivity contribution in [3.05, 3.63) is 52.6 Å². The summed E-state index contributed by atoms with van der Waals surface area (Å²) in [6, 6.07) is 8.61. The third kappa shape index (κ3) is 4.59. The van der Waals surface area contributed by atoms with Gasteiger partial charge < -0.3 is 19.9 Å². The Hall–Kier alpha value is -3.24. The summed E-state index contributed by atoms with van der Waals surface area (Å²) in [4.78, 5) is 35.8. The van der Waals surface area contributed by atoms with E-state index in [-0.39, 0.29) is 24.1 Å². The molecule has 31 heavy (non-hydrogen) atoms. The number of hydrogen-bond donors (Lipinski definition) is 3. The summed E-state index contributed by atoms with van der Waals surface area (Å²) in [6.45, 7) is 4.65. The zero-order chi connectivity index (χ0) is 22.0. The van der Waals surface area contributed by atoms with Gasteiger partial charge in [-0.15, -0.1) is 0 Å². The lowest BCUT2D eigenvalue weighted by Crippen LogP contribution is -2.28. The average Bonchev–Trinajstić information content (AvgIpc) is 3.34. The van der Waals surface area contributed by atoms with E-state index in [0.717, 1.165) is 0 Å². The number of esters is 1. The topological polar surface area (TPSA) is 131 Å².